The molecule has 0 saturated carbocycles. The number of rotatable bonds is 11. The minimum Gasteiger partial charge on any atom is -0.465 e. The molecular formula is C11H23N2O4P. The van der Waals surface area contributed by atoms with Gasteiger partial charge in [0.25, 0.3) is 0 Å². The van der Waals surface area contributed by atoms with Gasteiger partial charge in [-0.15, -0.1) is 0 Å². The van der Waals surface area contributed by atoms with Crippen LogP contribution < -0.4 is 5.20 Å². The molecule has 6 nitrogen and oxygen atoms in total. The summed E-state index contributed by atoms with van der Waals surface area (Å²) >= 11 is 0. The Bertz CT molecular complexity index is 229. The van der Waals surface area contributed by atoms with Gasteiger partial charge in [0.05, 0.1) is 20.3 Å². The molecule has 0 rings (SSSR count). The topological polar surface area (TPSA) is 69.2 Å². The predicted octanol–water partition coefficient (Wildman–Crippen LogP) is 2.60. The summed E-state index contributed by atoms with van der Waals surface area (Å²) in [5.74, 6) is -0.514. The van der Waals surface area contributed by atoms with Crippen LogP contribution in [-0.2, 0) is 18.6 Å². The van der Waals surface area contributed by atoms with E-state index in [0.717, 1.165) is 31.9 Å². The fraction of sp³-hybridized carbons (Fsp3) is 0.818. The Morgan fingerprint density at radius 2 is 1.78 bits per heavy atom. The molecule has 0 aromatic rings. The van der Waals surface area contributed by atoms with E-state index in [-0.39, 0.29) is 0 Å². The number of carbonyl (C=O) groups excluding carboxylic acids is 1. The molecule has 0 heterocycles. The van der Waals surface area contributed by atoms with Crippen LogP contribution in [0.3, 0.4) is 0 Å². The molecule has 0 saturated heterocycles. The maximum atomic E-state index is 10.8. The van der Waals surface area contributed by atoms with Crippen LogP contribution in [0.1, 0.15) is 39.5 Å². The van der Waals surface area contributed by atoms with Crippen LogP contribution in [-0.4, -0.2) is 32.5 Å². The fourth-order valence-corrected chi connectivity index (χ4v) is 1.79. The summed E-state index contributed by atoms with van der Waals surface area (Å²) in [5, 5.41) is 6.42. The highest BCUT2D eigenvalue weighted by molar-refractivity contribution is 7.44. The van der Waals surface area contributed by atoms with E-state index in [2.05, 4.69) is 28.9 Å². The van der Waals surface area contributed by atoms with E-state index < -0.39 is 14.5 Å². The molecule has 0 aliphatic rings. The minimum atomic E-state index is -1.28. The van der Waals surface area contributed by atoms with Crippen LogP contribution >= 0.6 is 8.53 Å². The van der Waals surface area contributed by atoms with Gasteiger partial charge in [-0.2, -0.15) is 5.10 Å². The lowest BCUT2D eigenvalue weighted by Crippen LogP contribution is -2.09. The van der Waals surface area contributed by atoms with E-state index in [9.17, 15) is 4.79 Å². The second-order valence-electron chi connectivity index (χ2n) is 3.51. The molecule has 0 atom stereocenters. The summed E-state index contributed by atoms with van der Waals surface area (Å²) in [6, 6.07) is 0. The first-order valence-corrected chi connectivity index (χ1v) is 7.34. The van der Waals surface area contributed by atoms with E-state index in [1.54, 1.807) is 0 Å². The molecule has 7 heteroatoms. The molecule has 18 heavy (non-hydrogen) atoms. The number of methoxy groups -OCH3 is 1. The molecule has 0 amide bonds. The maximum Gasteiger partial charge on any atom is 0.350 e. The van der Waals surface area contributed by atoms with Crippen LogP contribution in [0, 0.1) is 0 Å². The predicted molar refractivity (Wildman–Crippen MR) is 72.3 cm³/mol. The van der Waals surface area contributed by atoms with Gasteiger partial charge in [-0.1, -0.05) is 26.7 Å². The van der Waals surface area contributed by atoms with E-state index in [1.165, 1.54) is 7.11 Å². The molecule has 106 valence electrons. The van der Waals surface area contributed by atoms with Crippen molar-refractivity contribution in [1.29, 1.82) is 0 Å². The van der Waals surface area contributed by atoms with Crippen LogP contribution in [0.4, 0.5) is 0 Å². The van der Waals surface area contributed by atoms with Crippen molar-refractivity contribution in [2.45, 2.75) is 39.5 Å². The number of hydrogen-bond donors (Lipinski definition) is 1. The highest BCUT2D eigenvalue weighted by Crippen LogP contribution is 2.33. The third kappa shape index (κ3) is 10.4. The average Bonchev–Trinajstić information content (AvgIpc) is 2.38. The highest BCUT2D eigenvalue weighted by atomic mass is 31.2. The number of nitrogens with zero attached hydrogens (tertiary/aromatic N) is 1. The van der Waals surface area contributed by atoms with Crippen molar-refractivity contribution in [1.82, 2.24) is 5.20 Å². The molecule has 0 aliphatic heterocycles. The first-order chi connectivity index (χ1) is 8.74. The fourth-order valence-electron chi connectivity index (χ4n) is 0.860. The number of hydrazone groups is 1. The number of carbonyl (C=O) groups is 1. The van der Waals surface area contributed by atoms with Crippen LogP contribution in [0.5, 0.6) is 0 Å². The van der Waals surface area contributed by atoms with Gasteiger partial charge in [0, 0.05) is 0 Å². The Morgan fingerprint density at radius 1 is 1.22 bits per heavy atom. The third-order valence-corrected chi connectivity index (χ3v) is 3.04. The van der Waals surface area contributed by atoms with Gasteiger partial charge in [0.1, 0.15) is 6.21 Å². The van der Waals surface area contributed by atoms with Crippen molar-refractivity contribution in [2.24, 2.45) is 5.10 Å². The quantitative estimate of drug-likeness (QED) is 0.207. The minimum absolute atomic E-state index is 0.514. The first kappa shape index (κ1) is 17.3. The summed E-state index contributed by atoms with van der Waals surface area (Å²) in [7, 11) is 0.0230. The van der Waals surface area contributed by atoms with E-state index in [1.807, 2.05) is 0 Å². The highest BCUT2D eigenvalue weighted by Gasteiger charge is 2.09. The van der Waals surface area contributed by atoms with Gasteiger partial charge in [0.15, 0.2) is 0 Å². The van der Waals surface area contributed by atoms with Crippen molar-refractivity contribution in [3.8, 4) is 0 Å². The molecule has 0 fully saturated rings. The first-order valence-electron chi connectivity index (χ1n) is 6.17. The largest absolute Gasteiger partial charge is 0.465 e. The summed E-state index contributed by atoms with van der Waals surface area (Å²) < 4.78 is 15.4. The molecule has 1 N–H and O–H groups in total. The number of esters is 1. The Labute approximate surface area is 110 Å². The van der Waals surface area contributed by atoms with Crippen molar-refractivity contribution < 1.29 is 18.6 Å². The Hall–Kier alpha value is -0.710. The van der Waals surface area contributed by atoms with Gasteiger partial charge in [-0.25, -0.2) is 9.99 Å². The van der Waals surface area contributed by atoms with Crippen molar-refractivity contribution in [3.05, 3.63) is 0 Å². The van der Waals surface area contributed by atoms with Gasteiger partial charge in [-0.05, 0) is 12.8 Å². The summed E-state index contributed by atoms with van der Waals surface area (Å²) in [5.41, 5.74) is 0. The molecule has 0 radical (unpaired) electrons. The normalized spacial score (nSPS) is 11.1. The lowest BCUT2D eigenvalue weighted by Gasteiger charge is -2.15. The number of nitrogens with one attached hydrogen (secondary N) is 1. The maximum absolute atomic E-state index is 10.8. The van der Waals surface area contributed by atoms with E-state index >= 15 is 0 Å². The number of ether oxygens (including phenoxy) is 1. The van der Waals surface area contributed by atoms with Gasteiger partial charge in [-0.3, -0.25) is 0 Å². The van der Waals surface area contributed by atoms with Crippen molar-refractivity contribution in [2.75, 3.05) is 20.3 Å². The average molecular weight is 278 g/mol. The molecule has 0 aromatic carbocycles. The Balaban J connectivity index is 3.94. The summed E-state index contributed by atoms with van der Waals surface area (Å²) in [4.78, 5) is 10.8. The molecular weight excluding hydrogens is 255 g/mol. The molecule has 0 spiro atoms. The second-order valence-corrected chi connectivity index (χ2v) is 4.74. The lowest BCUT2D eigenvalue weighted by molar-refractivity contribution is -0.132. The van der Waals surface area contributed by atoms with Crippen LogP contribution in [0.15, 0.2) is 5.10 Å². The standard InChI is InChI=1S/C11H23N2O4P/c1-4-6-8-16-18(17-9-7-5-2)13-12-10-11(14)15-3/h10,13H,4-9H2,1-3H3/b12-10+. The molecule has 0 bridgehead atoms. The zero-order valence-corrected chi connectivity index (χ0v) is 12.2. The van der Waals surface area contributed by atoms with Crippen molar-refractivity contribution >= 4 is 20.7 Å². The summed E-state index contributed by atoms with van der Waals surface area (Å²) in [6.45, 7) is 5.42. The Kier molecular flexibility index (Phi) is 12.2. The second kappa shape index (κ2) is 12.7. The smallest absolute Gasteiger partial charge is 0.350 e. The van der Waals surface area contributed by atoms with Crippen LogP contribution in [0.25, 0.3) is 0 Å². The Morgan fingerprint density at radius 3 is 2.22 bits per heavy atom. The monoisotopic (exact) mass is 278 g/mol. The number of hydrogen-bond acceptors (Lipinski definition) is 6. The zero-order valence-electron chi connectivity index (χ0n) is 11.3. The lowest BCUT2D eigenvalue weighted by atomic mass is 10.4. The van der Waals surface area contributed by atoms with Gasteiger partial charge >= 0.3 is 14.5 Å². The third-order valence-electron chi connectivity index (χ3n) is 1.92. The summed E-state index contributed by atoms with van der Waals surface area (Å²) in [6.07, 6.45) is 5.12. The van der Waals surface area contributed by atoms with E-state index in [4.69, 9.17) is 9.05 Å². The molecule has 0 unspecified atom stereocenters. The number of unbranched alkanes of at least 4 members (excludes halogenated alkanes) is 2. The van der Waals surface area contributed by atoms with Gasteiger partial charge in [0.2, 0.25) is 0 Å². The van der Waals surface area contributed by atoms with Crippen LogP contribution in [0.2, 0.25) is 0 Å². The zero-order chi connectivity index (χ0) is 13.6. The van der Waals surface area contributed by atoms with Gasteiger partial charge < -0.3 is 13.8 Å². The van der Waals surface area contributed by atoms with E-state index in [0.29, 0.717) is 13.2 Å². The SMILES string of the molecule is CCCCOP(N/N=C/C(=O)OC)OCCCC. The molecule has 0 aromatic heterocycles. The molecule has 0 aliphatic carbocycles. The van der Waals surface area contributed by atoms with Crippen molar-refractivity contribution in [3.63, 3.8) is 0 Å².